The molecule has 1 heterocycles. The molecule has 0 aliphatic heterocycles. The largest absolute Gasteiger partial charge is 0.375 e. The molecule has 0 bridgehead atoms. The maximum Gasteiger partial charge on any atom is 0.149 e. The molecule has 1 nitrogen and oxygen atoms in total. The monoisotopic (exact) mass is 138 g/mol. The van der Waals surface area contributed by atoms with Gasteiger partial charge in [-0.25, -0.2) is 0 Å². The zero-order valence-corrected chi connectivity index (χ0v) is 5.56. The van der Waals surface area contributed by atoms with Crippen LogP contribution in [0.15, 0.2) is 17.5 Å². The molecule has 0 saturated heterocycles. The Morgan fingerprint density at radius 2 is 2.56 bits per heavy atom. The van der Waals surface area contributed by atoms with Gasteiger partial charge in [-0.3, -0.25) is 0 Å². The van der Waals surface area contributed by atoms with Crippen molar-refractivity contribution in [1.82, 2.24) is 0 Å². The molecular weight excluding hydrogens is 132 g/mol. The van der Waals surface area contributed by atoms with E-state index in [-0.39, 0.29) is 0 Å². The van der Waals surface area contributed by atoms with Crippen molar-refractivity contribution >= 4 is 11.3 Å². The summed E-state index contributed by atoms with van der Waals surface area (Å²) in [6.45, 7) is 0. The minimum atomic E-state index is -0.718. The van der Waals surface area contributed by atoms with Crippen LogP contribution in [0.4, 0.5) is 0 Å². The zero-order valence-electron chi connectivity index (χ0n) is 4.74. The number of rotatable bonds is 1. The highest BCUT2D eigenvalue weighted by Crippen LogP contribution is 2.16. The predicted octanol–water partition coefficient (Wildman–Crippen LogP) is 1.41. The highest BCUT2D eigenvalue weighted by atomic mass is 32.1. The molecular formula is C7H6OS. The van der Waals surface area contributed by atoms with Crippen LogP contribution < -0.4 is 0 Å². The van der Waals surface area contributed by atoms with E-state index in [4.69, 9.17) is 11.5 Å². The fourth-order valence-corrected chi connectivity index (χ4v) is 1.20. The van der Waals surface area contributed by atoms with Gasteiger partial charge in [0.2, 0.25) is 0 Å². The van der Waals surface area contributed by atoms with Gasteiger partial charge in [0.15, 0.2) is 0 Å². The average Bonchev–Trinajstić information content (AvgIpc) is 2.37. The molecule has 9 heavy (non-hydrogen) atoms. The summed E-state index contributed by atoms with van der Waals surface area (Å²) in [4.78, 5) is 0.831. The molecule has 0 amide bonds. The molecule has 1 N–H and O–H groups in total. The SMILES string of the molecule is C#CC(O)c1cccs1. The van der Waals surface area contributed by atoms with Crippen LogP contribution >= 0.6 is 11.3 Å². The Labute approximate surface area is 58.0 Å². The van der Waals surface area contributed by atoms with Crippen molar-refractivity contribution in [3.05, 3.63) is 22.4 Å². The summed E-state index contributed by atoms with van der Waals surface area (Å²) in [5.74, 6) is 2.23. The smallest absolute Gasteiger partial charge is 0.149 e. The molecule has 0 aromatic carbocycles. The van der Waals surface area contributed by atoms with Gasteiger partial charge in [-0.1, -0.05) is 12.0 Å². The Balaban J connectivity index is 2.80. The first kappa shape index (κ1) is 6.34. The van der Waals surface area contributed by atoms with E-state index in [0.29, 0.717) is 0 Å². The van der Waals surface area contributed by atoms with Gasteiger partial charge in [0, 0.05) is 4.88 Å². The number of hydrogen-bond acceptors (Lipinski definition) is 2. The summed E-state index contributed by atoms with van der Waals surface area (Å²) in [5.41, 5.74) is 0. The Morgan fingerprint density at radius 3 is 3.00 bits per heavy atom. The summed E-state index contributed by atoms with van der Waals surface area (Å²) in [6, 6.07) is 3.68. The van der Waals surface area contributed by atoms with Gasteiger partial charge in [0.1, 0.15) is 6.10 Å². The molecule has 46 valence electrons. The van der Waals surface area contributed by atoms with Gasteiger partial charge in [-0.15, -0.1) is 17.8 Å². The predicted molar refractivity (Wildman–Crippen MR) is 38.1 cm³/mol. The third-order valence-corrected chi connectivity index (χ3v) is 1.90. The van der Waals surface area contributed by atoms with Crippen LogP contribution in [0.5, 0.6) is 0 Å². The molecule has 1 atom stereocenters. The first-order valence-corrected chi connectivity index (χ1v) is 3.40. The van der Waals surface area contributed by atoms with Crippen LogP contribution in [0, 0.1) is 12.3 Å². The Morgan fingerprint density at radius 1 is 1.78 bits per heavy atom. The molecule has 0 aliphatic carbocycles. The topological polar surface area (TPSA) is 20.2 Å². The van der Waals surface area contributed by atoms with Crippen LogP contribution in [0.25, 0.3) is 0 Å². The van der Waals surface area contributed by atoms with Crippen LogP contribution in [0.2, 0.25) is 0 Å². The van der Waals surface area contributed by atoms with Crippen LogP contribution in [0.3, 0.4) is 0 Å². The molecule has 1 aromatic heterocycles. The van der Waals surface area contributed by atoms with E-state index in [1.54, 1.807) is 0 Å². The van der Waals surface area contributed by atoms with E-state index in [1.807, 2.05) is 17.5 Å². The second-order valence-electron chi connectivity index (χ2n) is 1.58. The van der Waals surface area contributed by atoms with Gasteiger partial charge < -0.3 is 5.11 Å². The molecule has 1 aromatic rings. The quantitative estimate of drug-likeness (QED) is 0.582. The molecule has 0 spiro atoms. The van der Waals surface area contributed by atoms with Gasteiger partial charge in [-0.05, 0) is 11.4 Å². The molecule has 0 radical (unpaired) electrons. The molecule has 0 saturated carbocycles. The summed E-state index contributed by atoms with van der Waals surface area (Å²) >= 11 is 1.46. The average molecular weight is 138 g/mol. The Hall–Kier alpha value is -0.780. The number of aliphatic hydroxyl groups is 1. The van der Waals surface area contributed by atoms with E-state index in [2.05, 4.69) is 5.92 Å². The third kappa shape index (κ3) is 1.32. The fraction of sp³-hybridized carbons (Fsp3) is 0.143. The van der Waals surface area contributed by atoms with Crippen molar-refractivity contribution in [2.45, 2.75) is 6.10 Å². The summed E-state index contributed by atoms with van der Waals surface area (Å²) in [6.07, 6.45) is 4.25. The first-order chi connectivity index (χ1) is 4.34. The third-order valence-electron chi connectivity index (χ3n) is 0.971. The van der Waals surface area contributed by atoms with E-state index < -0.39 is 6.10 Å². The van der Waals surface area contributed by atoms with E-state index in [1.165, 1.54) is 11.3 Å². The lowest BCUT2D eigenvalue weighted by Gasteiger charge is -1.94. The van der Waals surface area contributed by atoms with E-state index in [9.17, 15) is 0 Å². The maximum absolute atomic E-state index is 8.99. The standard InChI is InChI=1S/C7H6OS/c1-2-6(8)7-4-3-5-9-7/h1,3-6,8H. The minimum absolute atomic E-state index is 0.718. The Kier molecular flexibility index (Phi) is 1.88. The molecule has 0 fully saturated rings. The molecule has 0 aliphatic rings. The van der Waals surface area contributed by atoms with Crippen molar-refractivity contribution in [2.75, 3.05) is 0 Å². The molecule has 1 unspecified atom stereocenters. The van der Waals surface area contributed by atoms with Crippen LogP contribution in [-0.4, -0.2) is 5.11 Å². The molecule has 1 rings (SSSR count). The van der Waals surface area contributed by atoms with Crippen molar-refractivity contribution in [3.8, 4) is 12.3 Å². The number of hydrogen-bond donors (Lipinski definition) is 1. The van der Waals surface area contributed by atoms with Gasteiger partial charge in [0.05, 0.1) is 0 Å². The van der Waals surface area contributed by atoms with Crippen molar-refractivity contribution in [1.29, 1.82) is 0 Å². The highest BCUT2D eigenvalue weighted by Gasteiger charge is 2.01. The lowest BCUT2D eigenvalue weighted by molar-refractivity contribution is 0.242. The molecule has 2 heteroatoms. The van der Waals surface area contributed by atoms with E-state index >= 15 is 0 Å². The summed E-state index contributed by atoms with van der Waals surface area (Å²) < 4.78 is 0. The summed E-state index contributed by atoms with van der Waals surface area (Å²) in [5, 5.41) is 10.9. The van der Waals surface area contributed by atoms with Crippen LogP contribution in [-0.2, 0) is 0 Å². The summed E-state index contributed by atoms with van der Waals surface area (Å²) in [7, 11) is 0. The second-order valence-corrected chi connectivity index (χ2v) is 2.56. The fourth-order valence-electron chi connectivity index (χ4n) is 0.529. The van der Waals surface area contributed by atoms with Gasteiger partial charge >= 0.3 is 0 Å². The normalized spacial score (nSPS) is 12.4. The minimum Gasteiger partial charge on any atom is -0.375 e. The number of aliphatic hydroxyl groups excluding tert-OH is 1. The Bertz CT molecular complexity index is 207. The van der Waals surface area contributed by atoms with Crippen molar-refractivity contribution < 1.29 is 5.11 Å². The van der Waals surface area contributed by atoms with E-state index in [0.717, 1.165) is 4.88 Å². The number of thiophene rings is 1. The van der Waals surface area contributed by atoms with Gasteiger partial charge in [0.25, 0.3) is 0 Å². The highest BCUT2D eigenvalue weighted by molar-refractivity contribution is 7.10. The van der Waals surface area contributed by atoms with Crippen molar-refractivity contribution in [2.24, 2.45) is 0 Å². The zero-order chi connectivity index (χ0) is 6.69. The lowest BCUT2D eigenvalue weighted by atomic mass is 10.3. The van der Waals surface area contributed by atoms with Gasteiger partial charge in [-0.2, -0.15) is 0 Å². The lowest BCUT2D eigenvalue weighted by Crippen LogP contribution is -1.86. The maximum atomic E-state index is 8.99. The van der Waals surface area contributed by atoms with Crippen LogP contribution in [0.1, 0.15) is 11.0 Å². The van der Waals surface area contributed by atoms with Crippen molar-refractivity contribution in [3.63, 3.8) is 0 Å². The first-order valence-electron chi connectivity index (χ1n) is 2.52. The number of terminal acetylenes is 1. The second kappa shape index (κ2) is 2.67.